The zero-order chi connectivity index (χ0) is 19.1. The predicted molar refractivity (Wildman–Crippen MR) is 111 cm³/mol. The van der Waals surface area contributed by atoms with Crippen LogP contribution in [-0.4, -0.2) is 15.0 Å². The molecule has 27 heavy (non-hydrogen) atoms. The smallest absolute Gasteiger partial charge is 0.262 e. The lowest BCUT2D eigenvalue weighted by Crippen LogP contribution is -2.31. The minimum absolute atomic E-state index is 0.198. The third kappa shape index (κ3) is 4.76. The maximum atomic E-state index is 13.2. The Balaban J connectivity index is 1.92. The van der Waals surface area contributed by atoms with Gasteiger partial charge in [-0.1, -0.05) is 66.2 Å². The van der Waals surface area contributed by atoms with Crippen LogP contribution in [0.5, 0.6) is 0 Å². The summed E-state index contributed by atoms with van der Waals surface area (Å²) in [5.41, 5.74) is 5.73. The topological polar surface area (TPSA) is 37.4 Å². The van der Waals surface area contributed by atoms with Crippen LogP contribution in [-0.2, 0) is 10.0 Å². The summed E-state index contributed by atoms with van der Waals surface area (Å²) >= 11 is 0. The summed E-state index contributed by atoms with van der Waals surface area (Å²) in [5.74, 6) is 0. The lowest BCUT2D eigenvalue weighted by molar-refractivity contribution is 0.593. The van der Waals surface area contributed by atoms with E-state index in [9.17, 15) is 8.42 Å². The molecule has 0 radical (unpaired) electrons. The molecule has 0 saturated heterocycles. The number of para-hydroxylation sites is 1. The highest BCUT2D eigenvalue weighted by Crippen LogP contribution is 2.23. The molecule has 0 saturated carbocycles. The molecule has 0 aromatic heterocycles. The minimum Gasteiger partial charge on any atom is -0.262 e. The molecule has 3 rings (SSSR count). The van der Waals surface area contributed by atoms with Crippen LogP contribution >= 0.6 is 0 Å². The van der Waals surface area contributed by atoms with Crippen molar-refractivity contribution < 1.29 is 8.42 Å². The summed E-state index contributed by atoms with van der Waals surface area (Å²) < 4.78 is 27.7. The van der Waals surface area contributed by atoms with E-state index in [1.807, 2.05) is 61.5 Å². The van der Waals surface area contributed by atoms with Crippen LogP contribution in [0.25, 0.3) is 6.08 Å². The molecule has 3 aromatic carbocycles. The number of nitrogens with zero attached hydrogens (tertiary/aromatic N) is 1. The summed E-state index contributed by atoms with van der Waals surface area (Å²) in [4.78, 5) is 0.275. The van der Waals surface area contributed by atoms with E-state index in [0.29, 0.717) is 5.69 Å². The van der Waals surface area contributed by atoms with Gasteiger partial charge in [0, 0.05) is 0 Å². The Bertz CT molecular complexity index is 1030. The van der Waals surface area contributed by atoms with E-state index in [1.165, 1.54) is 4.31 Å². The molecule has 0 unspecified atom stereocenters. The van der Waals surface area contributed by atoms with Gasteiger partial charge in [-0.2, -0.15) is 0 Å². The minimum atomic E-state index is -3.67. The summed E-state index contributed by atoms with van der Waals surface area (Å²) in [7, 11) is -3.67. The quantitative estimate of drug-likeness (QED) is 0.565. The Labute approximate surface area is 161 Å². The molecule has 0 spiro atoms. The highest BCUT2D eigenvalue weighted by molar-refractivity contribution is 7.92. The fourth-order valence-electron chi connectivity index (χ4n) is 2.61. The third-order valence-electron chi connectivity index (χ3n) is 4.08. The maximum Gasteiger partial charge on any atom is 0.264 e. The van der Waals surface area contributed by atoms with Gasteiger partial charge in [0.15, 0.2) is 0 Å². The van der Waals surface area contributed by atoms with Crippen molar-refractivity contribution in [3.8, 4) is 0 Å². The Morgan fingerprint density at radius 1 is 0.852 bits per heavy atom. The first-order valence-corrected chi connectivity index (χ1v) is 10.1. The van der Waals surface area contributed by atoms with Crippen molar-refractivity contribution in [3.63, 3.8) is 0 Å². The zero-order valence-corrected chi connectivity index (χ0v) is 15.9. The SMILES string of the molecule is Cc1ccc(S(=O)(=O)N(CC=C=Cc2ccccc2)c2ccccc2)cc1. The summed E-state index contributed by atoms with van der Waals surface area (Å²) in [5, 5.41) is 0. The summed E-state index contributed by atoms with van der Waals surface area (Å²) in [6, 6.07) is 25.8. The zero-order valence-electron chi connectivity index (χ0n) is 15.1. The van der Waals surface area contributed by atoms with Gasteiger partial charge in [-0.05, 0) is 48.9 Å². The van der Waals surface area contributed by atoms with E-state index in [-0.39, 0.29) is 11.4 Å². The Hall–Kier alpha value is -3.07. The second kappa shape index (κ2) is 8.54. The highest BCUT2D eigenvalue weighted by atomic mass is 32.2. The second-order valence-corrected chi connectivity index (χ2v) is 7.97. The fraction of sp³-hybridized carbons (Fsp3) is 0.0870. The molecule has 0 heterocycles. The molecular weight excluding hydrogens is 354 g/mol. The Kier molecular flexibility index (Phi) is 5.92. The monoisotopic (exact) mass is 375 g/mol. The number of hydrogen-bond acceptors (Lipinski definition) is 2. The number of rotatable bonds is 6. The van der Waals surface area contributed by atoms with Gasteiger partial charge in [0.2, 0.25) is 0 Å². The molecule has 0 aliphatic rings. The standard InChI is InChI=1S/C23H21NO2S/c1-20-15-17-23(18-16-20)27(25,26)24(22-13-6-3-7-14-22)19-9-8-12-21-10-4-2-5-11-21/h2-7,9-18H,19H2,1H3. The van der Waals surface area contributed by atoms with Gasteiger partial charge in [-0.15, -0.1) is 5.73 Å². The first-order valence-electron chi connectivity index (χ1n) is 8.68. The first-order chi connectivity index (χ1) is 13.1. The molecule has 0 fully saturated rings. The van der Waals surface area contributed by atoms with Gasteiger partial charge < -0.3 is 0 Å². The van der Waals surface area contributed by atoms with Crippen molar-refractivity contribution >= 4 is 21.8 Å². The van der Waals surface area contributed by atoms with Crippen LogP contribution in [0.4, 0.5) is 5.69 Å². The van der Waals surface area contributed by atoms with Crippen LogP contribution in [0.15, 0.2) is 102 Å². The fourth-order valence-corrected chi connectivity index (χ4v) is 4.02. The van der Waals surface area contributed by atoms with Crippen molar-refractivity contribution in [2.75, 3.05) is 10.8 Å². The molecule has 0 aliphatic carbocycles. The molecule has 0 bridgehead atoms. The Morgan fingerprint density at radius 2 is 1.44 bits per heavy atom. The van der Waals surface area contributed by atoms with Crippen LogP contribution in [0.3, 0.4) is 0 Å². The van der Waals surface area contributed by atoms with Gasteiger partial charge in [0.05, 0.1) is 17.1 Å². The number of hydrogen-bond donors (Lipinski definition) is 0. The van der Waals surface area contributed by atoms with Crippen LogP contribution < -0.4 is 4.31 Å². The van der Waals surface area contributed by atoms with Gasteiger partial charge in [-0.3, -0.25) is 4.31 Å². The van der Waals surface area contributed by atoms with E-state index < -0.39 is 10.0 Å². The summed E-state index contributed by atoms with van der Waals surface area (Å²) in [6.07, 6.45) is 3.56. The predicted octanol–water partition coefficient (Wildman–Crippen LogP) is 5.06. The van der Waals surface area contributed by atoms with Gasteiger partial charge in [-0.25, -0.2) is 8.42 Å². The maximum absolute atomic E-state index is 13.2. The van der Waals surface area contributed by atoms with E-state index in [1.54, 1.807) is 42.5 Å². The Morgan fingerprint density at radius 3 is 2.07 bits per heavy atom. The number of sulfonamides is 1. The van der Waals surface area contributed by atoms with Gasteiger partial charge in [0.1, 0.15) is 0 Å². The lowest BCUT2D eigenvalue weighted by Gasteiger charge is -2.23. The van der Waals surface area contributed by atoms with E-state index >= 15 is 0 Å². The molecule has 0 atom stereocenters. The third-order valence-corrected chi connectivity index (χ3v) is 5.89. The van der Waals surface area contributed by atoms with Crippen molar-refractivity contribution in [3.05, 3.63) is 108 Å². The van der Waals surface area contributed by atoms with Gasteiger partial charge in [0.25, 0.3) is 10.0 Å². The van der Waals surface area contributed by atoms with Crippen molar-refractivity contribution in [2.24, 2.45) is 0 Å². The van der Waals surface area contributed by atoms with Gasteiger partial charge >= 0.3 is 0 Å². The second-order valence-electron chi connectivity index (χ2n) is 6.11. The lowest BCUT2D eigenvalue weighted by atomic mass is 10.2. The molecule has 3 nitrogen and oxygen atoms in total. The van der Waals surface area contributed by atoms with Crippen LogP contribution in [0, 0.1) is 6.92 Å². The largest absolute Gasteiger partial charge is 0.264 e. The van der Waals surface area contributed by atoms with E-state index in [2.05, 4.69) is 5.73 Å². The molecule has 136 valence electrons. The van der Waals surface area contributed by atoms with Crippen LogP contribution in [0.1, 0.15) is 11.1 Å². The number of aryl methyl sites for hydroxylation is 1. The average molecular weight is 375 g/mol. The number of benzene rings is 3. The molecule has 4 heteroatoms. The van der Waals surface area contributed by atoms with E-state index in [0.717, 1.165) is 11.1 Å². The van der Waals surface area contributed by atoms with Crippen molar-refractivity contribution in [2.45, 2.75) is 11.8 Å². The van der Waals surface area contributed by atoms with Crippen molar-refractivity contribution in [1.82, 2.24) is 0 Å². The molecule has 0 amide bonds. The molecule has 0 N–H and O–H groups in total. The number of anilines is 1. The molecular formula is C23H21NO2S. The molecule has 0 aliphatic heterocycles. The van der Waals surface area contributed by atoms with Crippen LogP contribution in [0.2, 0.25) is 0 Å². The molecule has 3 aromatic rings. The van der Waals surface area contributed by atoms with Crippen molar-refractivity contribution in [1.29, 1.82) is 0 Å². The first kappa shape index (κ1) is 18.7. The average Bonchev–Trinajstić information content (AvgIpc) is 2.69. The highest BCUT2D eigenvalue weighted by Gasteiger charge is 2.23. The normalized spacial score (nSPS) is 10.7. The van der Waals surface area contributed by atoms with E-state index in [4.69, 9.17) is 0 Å². The summed E-state index contributed by atoms with van der Waals surface area (Å²) in [6.45, 7) is 2.13.